The van der Waals surface area contributed by atoms with Crippen LogP contribution in [0, 0.1) is 0 Å². The van der Waals surface area contributed by atoms with E-state index >= 15 is 0 Å². The largest absolute Gasteiger partial charge is 0.394 e. The molecule has 19 heteroatoms. The van der Waals surface area contributed by atoms with Crippen molar-refractivity contribution in [1.82, 2.24) is 5.32 Å². The molecule has 0 spiro atoms. The number of carbonyl (C=O) groups is 1. The molecule has 17 unspecified atom stereocenters. The first-order valence-electron chi connectivity index (χ1n) is 44.7. The second kappa shape index (κ2) is 69.5. The van der Waals surface area contributed by atoms with Gasteiger partial charge in [-0.25, -0.2) is 0 Å². The summed E-state index contributed by atoms with van der Waals surface area (Å²) in [5.41, 5.74) is 0. The predicted molar refractivity (Wildman–Crippen MR) is 438 cm³/mol. The van der Waals surface area contributed by atoms with Crippen molar-refractivity contribution in [3.8, 4) is 0 Å². The maximum absolute atomic E-state index is 13.5. The Morgan fingerprint density at radius 1 is 0.339 bits per heavy atom. The lowest BCUT2D eigenvalue weighted by Gasteiger charge is -2.48. The van der Waals surface area contributed by atoms with Crippen LogP contribution in [0.15, 0.2) is 72.9 Å². The quantitative estimate of drug-likeness (QED) is 0.0199. The number of rotatable bonds is 72. The fraction of sp³-hybridized carbons (Fsp3) is 0.856. The van der Waals surface area contributed by atoms with Gasteiger partial charge in [-0.15, -0.1) is 0 Å². The number of nitrogens with one attached hydrogen (secondary N) is 1. The van der Waals surface area contributed by atoms with Crippen LogP contribution in [0.25, 0.3) is 0 Å². The number of unbranched alkanes of at least 4 members (excludes halogenated alkanes) is 46. The zero-order valence-corrected chi connectivity index (χ0v) is 68.5. The third-order valence-electron chi connectivity index (χ3n) is 22.0. The summed E-state index contributed by atoms with van der Waals surface area (Å²) in [6, 6.07) is -0.992. The smallest absolute Gasteiger partial charge is 0.220 e. The molecule has 0 aromatic rings. The first-order valence-corrected chi connectivity index (χ1v) is 44.7. The van der Waals surface area contributed by atoms with Crippen molar-refractivity contribution in [3.05, 3.63) is 72.9 Å². The summed E-state index contributed by atoms with van der Waals surface area (Å²) in [5.74, 6) is -0.279. The molecule has 19 nitrogen and oxygen atoms in total. The molecule has 3 aliphatic heterocycles. The summed E-state index contributed by atoms with van der Waals surface area (Å²) >= 11 is 0. The molecule has 109 heavy (non-hydrogen) atoms. The van der Waals surface area contributed by atoms with Gasteiger partial charge in [-0.05, 0) is 70.6 Å². The van der Waals surface area contributed by atoms with Crippen molar-refractivity contribution in [2.45, 2.75) is 465 Å². The molecule has 3 saturated heterocycles. The van der Waals surface area contributed by atoms with E-state index in [2.05, 4.69) is 79.9 Å². The van der Waals surface area contributed by atoms with E-state index in [4.69, 9.17) is 28.4 Å². The zero-order chi connectivity index (χ0) is 78.8. The van der Waals surface area contributed by atoms with Gasteiger partial charge in [0, 0.05) is 6.42 Å². The van der Waals surface area contributed by atoms with Crippen molar-refractivity contribution in [2.75, 3.05) is 26.4 Å². The molecule has 0 aromatic carbocycles. The predicted octanol–water partition coefficient (Wildman–Crippen LogP) is 16.7. The number of aliphatic hydroxyl groups excluding tert-OH is 11. The molecular formula is C90H163NO18. The molecule has 0 aliphatic carbocycles. The van der Waals surface area contributed by atoms with Crippen molar-refractivity contribution in [1.29, 1.82) is 0 Å². The van der Waals surface area contributed by atoms with Gasteiger partial charge in [-0.3, -0.25) is 4.79 Å². The van der Waals surface area contributed by atoms with Gasteiger partial charge < -0.3 is 89.9 Å². The van der Waals surface area contributed by atoms with Crippen LogP contribution in [-0.2, 0) is 33.2 Å². The minimum absolute atomic E-state index is 0.238. The highest BCUT2D eigenvalue weighted by atomic mass is 16.8. The normalized spacial score (nSPS) is 25.6. The molecule has 636 valence electrons. The van der Waals surface area contributed by atoms with Crippen LogP contribution >= 0.6 is 0 Å². The summed E-state index contributed by atoms with van der Waals surface area (Å²) in [6.07, 6.45) is 66.4. The minimum atomic E-state index is -1.98. The van der Waals surface area contributed by atoms with Crippen LogP contribution in [0.2, 0.25) is 0 Å². The van der Waals surface area contributed by atoms with Gasteiger partial charge in [0.25, 0.3) is 0 Å². The van der Waals surface area contributed by atoms with Crippen molar-refractivity contribution < 1.29 is 89.4 Å². The van der Waals surface area contributed by atoms with Crippen LogP contribution in [-0.4, -0.2) is 193 Å². The Hall–Kier alpha value is -2.77. The Labute approximate surface area is 661 Å². The molecule has 0 bridgehead atoms. The van der Waals surface area contributed by atoms with Gasteiger partial charge in [-0.1, -0.05) is 356 Å². The van der Waals surface area contributed by atoms with Gasteiger partial charge in [-0.2, -0.15) is 0 Å². The van der Waals surface area contributed by atoms with Gasteiger partial charge in [0.05, 0.1) is 38.6 Å². The van der Waals surface area contributed by atoms with Gasteiger partial charge in [0.1, 0.15) is 73.2 Å². The Morgan fingerprint density at radius 2 is 0.642 bits per heavy atom. The Kier molecular flexibility index (Phi) is 64.1. The summed E-state index contributed by atoms with van der Waals surface area (Å²) in [6.45, 7) is 1.65. The van der Waals surface area contributed by atoms with Gasteiger partial charge in [0.2, 0.25) is 5.91 Å². The third-order valence-corrected chi connectivity index (χ3v) is 22.0. The first kappa shape index (κ1) is 100. The molecule has 3 aliphatic rings. The lowest BCUT2D eigenvalue weighted by molar-refractivity contribution is -0.379. The van der Waals surface area contributed by atoms with Crippen LogP contribution in [0.1, 0.15) is 361 Å². The number of ether oxygens (including phenoxy) is 6. The second-order valence-electron chi connectivity index (χ2n) is 31.7. The lowest BCUT2D eigenvalue weighted by Crippen LogP contribution is -2.66. The summed E-state index contributed by atoms with van der Waals surface area (Å²) < 4.78 is 34.5. The maximum atomic E-state index is 13.5. The number of amides is 1. The van der Waals surface area contributed by atoms with E-state index in [9.17, 15) is 61.0 Å². The van der Waals surface area contributed by atoms with Crippen molar-refractivity contribution in [2.24, 2.45) is 0 Å². The topological polar surface area (TPSA) is 307 Å². The van der Waals surface area contributed by atoms with Crippen LogP contribution in [0.5, 0.6) is 0 Å². The van der Waals surface area contributed by atoms with Crippen LogP contribution in [0.4, 0.5) is 0 Å². The van der Waals surface area contributed by atoms with E-state index in [1.54, 1.807) is 6.08 Å². The molecule has 3 rings (SSSR count). The van der Waals surface area contributed by atoms with Crippen molar-refractivity contribution in [3.63, 3.8) is 0 Å². The fourth-order valence-corrected chi connectivity index (χ4v) is 14.9. The van der Waals surface area contributed by atoms with Crippen LogP contribution in [0.3, 0.4) is 0 Å². The molecule has 1 amide bonds. The second-order valence-corrected chi connectivity index (χ2v) is 31.7. The van der Waals surface area contributed by atoms with Gasteiger partial charge in [0.15, 0.2) is 18.9 Å². The van der Waals surface area contributed by atoms with E-state index in [1.165, 1.54) is 263 Å². The number of allylic oxidation sites excluding steroid dienone is 11. The summed E-state index contributed by atoms with van der Waals surface area (Å²) in [7, 11) is 0. The summed E-state index contributed by atoms with van der Waals surface area (Å²) in [5, 5.41) is 121. The molecule has 0 radical (unpaired) electrons. The molecule has 0 aromatic heterocycles. The Morgan fingerprint density at radius 3 is 1.03 bits per heavy atom. The molecular weight excluding hydrogens is 1380 g/mol. The molecule has 3 fully saturated rings. The number of aliphatic hydroxyl groups is 11. The fourth-order valence-electron chi connectivity index (χ4n) is 14.9. The van der Waals surface area contributed by atoms with Crippen LogP contribution < -0.4 is 5.32 Å². The standard InChI is InChI=1S/C90H163NO18/c1-3-5-7-9-11-13-15-17-19-21-23-25-27-28-29-30-31-32-33-34-35-36-37-38-39-40-41-42-43-44-46-48-50-52-54-56-58-60-62-64-66-68-78(96)91-73(74(95)67-65-63-61-59-57-55-53-51-49-47-45-26-24-22-20-18-16-14-12-10-8-6-4-2)72-104-88-84(102)81(99)86(76(70-93)106-88)109-90-85(103)82(100)87(77(71-94)107-90)108-89-83(101)80(98)79(97)75(69-92)105-89/h5,7,11,13,17,19,23,25,57,59,65,67,73-77,79-90,92-95,97-103H,3-4,6,8-10,12,14-16,18,20-22,24,26-56,58,60-64,66,68-72H2,1-2H3,(H,91,96)/b7-5-,13-11-,19-17-,25-23-,59-57+,67-65+. The molecule has 3 heterocycles. The van der Waals surface area contributed by atoms with Crippen molar-refractivity contribution >= 4 is 5.91 Å². The number of hydrogen-bond acceptors (Lipinski definition) is 18. The highest BCUT2D eigenvalue weighted by Crippen LogP contribution is 2.33. The SMILES string of the molecule is CC/C=C\C/C=C\C/C=C\C/C=C\CCCCCCCCCCCCCCCCCCCCCCCCCCCCCCC(=O)NC(COC1OC(CO)C(OC2OC(CO)C(OC3OC(CO)C(O)C(O)C3O)C(O)C2O)C(O)C1O)C(O)/C=C/CC/C=C/CCCCCCCCCCCCCCCCCCC. The van der Waals surface area contributed by atoms with E-state index in [-0.39, 0.29) is 18.9 Å². The summed E-state index contributed by atoms with van der Waals surface area (Å²) in [4.78, 5) is 13.5. The third kappa shape index (κ3) is 48.4. The monoisotopic (exact) mass is 1550 g/mol. The average Bonchev–Trinajstić information content (AvgIpc) is 0.760. The molecule has 0 saturated carbocycles. The average molecular weight is 1550 g/mol. The highest BCUT2D eigenvalue weighted by molar-refractivity contribution is 5.76. The first-order chi connectivity index (χ1) is 53.3. The number of carbonyl (C=O) groups excluding carboxylic acids is 1. The minimum Gasteiger partial charge on any atom is -0.394 e. The lowest BCUT2D eigenvalue weighted by atomic mass is 9.96. The Bertz CT molecular complexity index is 2250. The highest BCUT2D eigenvalue weighted by Gasteiger charge is 2.54. The zero-order valence-electron chi connectivity index (χ0n) is 68.5. The van der Waals surface area contributed by atoms with Gasteiger partial charge >= 0.3 is 0 Å². The maximum Gasteiger partial charge on any atom is 0.220 e. The van der Waals surface area contributed by atoms with E-state index in [0.29, 0.717) is 12.8 Å². The Balaban J connectivity index is 1.30. The number of hydrogen-bond donors (Lipinski definition) is 12. The van der Waals surface area contributed by atoms with E-state index in [0.717, 1.165) is 64.2 Å². The van der Waals surface area contributed by atoms with E-state index < -0.39 is 124 Å². The molecule has 12 N–H and O–H groups in total. The molecule has 17 atom stereocenters. The van der Waals surface area contributed by atoms with E-state index in [1.807, 2.05) is 6.08 Å².